The Morgan fingerprint density at radius 2 is 0.625 bits per heavy atom. The van der Waals surface area contributed by atoms with Gasteiger partial charge in [-0.25, -0.2) is 14.4 Å². The van der Waals surface area contributed by atoms with Crippen molar-refractivity contribution in [3.05, 3.63) is 62.5 Å². The second kappa shape index (κ2) is 4.28. The van der Waals surface area contributed by atoms with Crippen molar-refractivity contribution in [2.24, 2.45) is 0 Å². The molecule has 3 aromatic heterocycles. The number of nitrogens with one attached hydrogen (secondary N) is 6. The number of H-pyrrole nitrogens is 6. The first-order chi connectivity index (χ1) is 11.4. The van der Waals surface area contributed by atoms with Crippen molar-refractivity contribution in [3.8, 4) is 0 Å². The van der Waals surface area contributed by atoms with Crippen LogP contribution in [-0.2, 0) is 0 Å². The van der Waals surface area contributed by atoms with Crippen molar-refractivity contribution in [3.63, 3.8) is 0 Å². The average Bonchev–Trinajstić information content (AvgIpc) is 2.44. The molecule has 1 aromatic carbocycles. The zero-order valence-electron chi connectivity index (χ0n) is 11.4. The normalized spacial score (nSPS) is 11.5. The van der Waals surface area contributed by atoms with Crippen LogP contribution in [0.3, 0.4) is 0 Å². The van der Waals surface area contributed by atoms with Crippen LogP contribution in [0.25, 0.3) is 32.7 Å². The number of rotatable bonds is 0. The zero-order chi connectivity index (χ0) is 17.2. The minimum Gasteiger partial charge on any atom is -0.306 e. The quantitative estimate of drug-likeness (QED) is 0.189. The summed E-state index contributed by atoms with van der Waals surface area (Å²) in [6.07, 6.45) is 0. The molecule has 0 radical (unpaired) electrons. The highest BCUT2D eigenvalue weighted by Gasteiger charge is 2.18. The number of hydrogen-bond donors (Lipinski definition) is 6. The molecule has 0 bridgehead atoms. The predicted molar refractivity (Wildman–Crippen MR) is 82.7 cm³/mol. The summed E-state index contributed by atoms with van der Waals surface area (Å²) in [4.78, 5) is 83.9. The first kappa shape index (κ1) is 13.7. The second-order valence-electron chi connectivity index (χ2n) is 4.97. The number of aromatic nitrogens is 6. The highest BCUT2D eigenvalue weighted by Crippen LogP contribution is 2.23. The maximum atomic E-state index is 12.2. The van der Waals surface area contributed by atoms with E-state index in [4.69, 9.17) is 0 Å². The van der Waals surface area contributed by atoms with E-state index in [2.05, 4.69) is 15.0 Å². The van der Waals surface area contributed by atoms with E-state index in [1.54, 1.807) is 0 Å². The molecule has 4 rings (SSSR count). The molecule has 24 heavy (non-hydrogen) atoms. The van der Waals surface area contributed by atoms with Gasteiger partial charge in [-0.05, 0) is 0 Å². The van der Waals surface area contributed by atoms with E-state index in [-0.39, 0.29) is 32.7 Å². The fourth-order valence-corrected chi connectivity index (χ4v) is 2.74. The third-order valence-corrected chi connectivity index (χ3v) is 3.58. The van der Waals surface area contributed by atoms with Gasteiger partial charge in [0.1, 0.15) is 0 Å². The number of hydrogen-bond acceptors (Lipinski definition) is 6. The number of aromatic amines is 6. The fourth-order valence-electron chi connectivity index (χ4n) is 2.74. The molecule has 0 fully saturated rings. The summed E-state index contributed by atoms with van der Waals surface area (Å²) < 4.78 is 0. The Morgan fingerprint density at radius 3 is 0.875 bits per heavy atom. The van der Waals surface area contributed by atoms with Gasteiger partial charge in [-0.2, -0.15) is 0 Å². The van der Waals surface area contributed by atoms with Crippen molar-refractivity contribution >= 4 is 32.7 Å². The Bertz CT molecular complexity index is 1310. The van der Waals surface area contributed by atoms with E-state index in [0.29, 0.717) is 0 Å². The molecular weight excluding hydrogens is 324 g/mol. The SMILES string of the molecule is O=c1[nH]c(=O)c2c([nH]1)c1c(=O)[nH]c(=O)[nH]c1c1c(=O)[nH]c(=O)[nH]c21. The first-order valence-corrected chi connectivity index (χ1v) is 6.47. The lowest BCUT2D eigenvalue weighted by Gasteiger charge is -2.06. The molecule has 0 atom stereocenters. The van der Waals surface area contributed by atoms with Crippen molar-refractivity contribution in [1.82, 2.24) is 29.9 Å². The van der Waals surface area contributed by atoms with Gasteiger partial charge in [-0.3, -0.25) is 29.3 Å². The van der Waals surface area contributed by atoms with Crippen LogP contribution in [0.4, 0.5) is 0 Å². The highest BCUT2D eigenvalue weighted by molar-refractivity contribution is 6.20. The van der Waals surface area contributed by atoms with Crippen LogP contribution in [0.5, 0.6) is 0 Å². The Hall–Kier alpha value is -3.96. The number of benzene rings is 1. The third-order valence-electron chi connectivity index (χ3n) is 3.58. The molecule has 3 heterocycles. The van der Waals surface area contributed by atoms with Crippen molar-refractivity contribution in [2.45, 2.75) is 0 Å². The predicted octanol–water partition coefficient (Wildman–Crippen LogP) is -2.72. The van der Waals surface area contributed by atoms with Crippen molar-refractivity contribution < 1.29 is 0 Å². The van der Waals surface area contributed by atoms with Crippen LogP contribution in [0.15, 0.2) is 28.8 Å². The van der Waals surface area contributed by atoms with Gasteiger partial charge in [0.2, 0.25) is 0 Å². The minimum absolute atomic E-state index is 0.218. The maximum Gasteiger partial charge on any atom is 0.326 e. The number of fused-ring (bicyclic) bond motifs is 6. The second-order valence-corrected chi connectivity index (χ2v) is 4.97. The van der Waals surface area contributed by atoms with Gasteiger partial charge in [0, 0.05) is 0 Å². The van der Waals surface area contributed by atoms with Gasteiger partial charge in [0.15, 0.2) is 0 Å². The molecule has 6 N–H and O–H groups in total. The van der Waals surface area contributed by atoms with E-state index in [0.717, 1.165) is 0 Å². The van der Waals surface area contributed by atoms with Crippen LogP contribution in [0.2, 0.25) is 0 Å². The summed E-state index contributed by atoms with van der Waals surface area (Å²) in [7, 11) is 0. The zero-order valence-corrected chi connectivity index (χ0v) is 11.4. The van der Waals surface area contributed by atoms with Crippen LogP contribution in [-0.4, -0.2) is 29.9 Å². The molecule has 0 unspecified atom stereocenters. The van der Waals surface area contributed by atoms with E-state index in [1.807, 2.05) is 15.0 Å². The Labute approximate surface area is 126 Å². The molecule has 0 amide bonds. The van der Waals surface area contributed by atoms with Gasteiger partial charge in [-0.1, -0.05) is 0 Å². The van der Waals surface area contributed by atoms with Gasteiger partial charge in [0.05, 0.1) is 32.7 Å². The monoisotopic (exact) mass is 330 g/mol. The molecule has 12 heteroatoms. The van der Waals surface area contributed by atoms with Gasteiger partial charge in [-0.15, -0.1) is 0 Å². The largest absolute Gasteiger partial charge is 0.326 e. The van der Waals surface area contributed by atoms with E-state index in [9.17, 15) is 28.8 Å². The van der Waals surface area contributed by atoms with Crippen molar-refractivity contribution in [2.75, 3.05) is 0 Å². The Morgan fingerprint density at radius 1 is 0.375 bits per heavy atom. The standard InChI is InChI=1S/C12H6N6O6/c19-7-1-4(13-10(22)16-7)2-6(15-12(24)18-9(2)21)3-5(1)14-11(23)17-8(3)20/h(H2,13,16,19,22)(H2,14,17,20,23)(H2,15,18,21,24). The summed E-state index contributed by atoms with van der Waals surface area (Å²) in [5.74, 6) is 0. The Balaban J connectivity index is 2.66. The molecule has 0 saturated carbocycles. The lowest BCUT2D eigenvalue weighted by molar-refractivity contribution is 1.05. The van der Waals surface area contributed by atoms with Crippen LogP contribution >= 0.6 is 0 Å². The van der Waals surface area contributed by atoms with Crippen LogP contribution in [0, 0.1) is 0 Å². The molecule has 0 spiro atoms. The van der Waals surface area contributed by atoms with Crippen molar-refractivity contribution in [1.29, 1.82) is 0 Å². The summed E-state index contributed by atoms with van der Waals surface area (Å²) >= 11 is 0. The summed E-state index contributed by atoms with van der Waals surface area (Å²) in [5, 5.41) is -0.798. The minimum atomic E-state index is -0.910. The summed E-state index contributed by atoms with van der Waals surface area (Å²) in [6.45, 7) is 0. The van der Waals surface area contributed by atoms with Crippen LogP contribution in [0.1, 0.15) is 0 Å². The van der Waals surface area contributed by atoms with E-state index < -0.39 is 33.7 Å². The average molecular weight is 330 g/mol. The van der Waals surface area contributed by atoms with E-state index >= 15 is 0 Å². The van der Waals surface area contributed by atoms with Gasteiger partial charge >= 0.3 is 17.1 Å². The fraction of sp³-hybridized carbons (Fsp3) is 0. The lowest BCUT2D eigenvalue weighted by atomic mass is 10.1. The molecular formula is C12H6N6O6. The molecule has 4 aromatic rings. The van der Waals surface area contributed by atoms with Gasteiger partial charge < -0.3 is 15.0 Å². The molecule has 0 aliphatic rings. The Kier molecular flexibility index (Phi) is 2.44. The summed E-state index contributed by atoms with van der Waals surface area (Å²) in [5.41, 5.74) is -6.07. The molecule has 0 saturated heterocycles. The molecule has 0 aliphatic heterocycles. The molecule has 0 aliphatic carbocycles. The smallest absolute Gasteiger partial charge is 0.306 e. The highest BCUT2D eigenvalue weighted by atomic mass is 16.2. The third kappa shape index (κ3) is 1.67. The molecule has 12 nitrogen and oxygen atoms in total. The first-order valence-electron chi connectivity index (χ1n) is 6.47. The maximum absolute atomic E-state index is 12.2. The molecule has 120 valence electrons. The lowest BCUT2D eigenvalue weighted by Crippen LogP contribution is -2.29. The topological polar surface area (TPSA) is 197 Å². The van der Waals surface area contributed by atoms with Gasteiger partial charge in [0.25, 0.3) is 16.7 Å². The van der Waals surface area contributed by atoms with Crippen LogP contribution < -0.4 is 33.7 Å². The van der Waals surface area contributed by atoms with E-state index in [1.165, 1.54) is 0 Å². The summed E-state index contributed by atoms with van der Waals surface area (Å²) in [6, 6.07) is 0.